The molecule has 0 aliphatic carbocycles. The van der Waals surface area contributed by atoms with Crippen molar-refractivity contribution in [3.8, 4) is 5.75 Å². The first-order valence-corrected chi connectivity index (χ1v) is 10.5. The van der Waals surface area contributed by atoms with Crippen LogP contribution in [0.15, 0.2) is 54.1 Å². The van der Waals surface area contributed by atoms with Gasteiger partial charge in [0, 0.05) is 19.2 Å². The summed E-state index contributed by atoms with van der Waals surface area (Å²) < 4.78 is 10.7. The van der Waals surface area contributed by atoms with Gasteiger partial charge in [-0.3, -0.25) is 9.59 Å². The van der Waals surface area contributed by atoms with Crippen molar-refractivity contribution in [2.75, 3.05) is 26.9 Å². The van der Waals surface area contributed by atoms with E-state index in [-0.39, 0.29) is 24.5 Å². The summed E-state index contributed by atoms with van der Waals surface area (Å²) in [6.07, 6.45) is 0. The number of aliphatic hydroxyl groups excluding tert-OH is 1. The van der Waals surface area contributed by atoms with Crippen LogP contribution in [0.25, 0.3) is 5.76 Å². The molecule has 1 saturated heterocycles. The maximum atomic E-state index is 13.0. The maximum Gasteiger partial charge on any atom is 0.295 e. The molecule has 0 spiro atoms. The number of likely N-dealkylation sites (tertiary alicyclic amines) is 1. The van der Waals surface area contributed by atoms with Crippen LogP contribution in [0.2, 0.25) is 0 Å². The zero-order chi connectivity index (χ0) is 22.5. The molecule has 1 amide bonds. The van der Waals surface area contributed by atoms with Gasteiger partial charge in [0.1, 0.15) is 11.5 Å². The van der Waals surface area contributed by atoms with Gasteiger partial charge in [-0.25, -0.2) is 0 Å². The van der Waals surface area contributed by atoms with Gasteiger partial charge < -0.3 is 19.5 Å². The van der Waals surface area contributed by atoms with Gasteiger partial charge in [0.05, 0.1) is 24.8 Å². The molecule has 31 heavy (non-hydrogen) atoms. The minimum Gasteiger partial charge on any atom is -0.507 e. The molecular weight excluding hydrogens is 394 g/mol. The van der Waals surface area contributed by atoms with Crippen LogP contribution < -0.4 is 4.74 Å². The summed E-state index contributed by atoms with van der Waals surface area (Å²) in [5.41, 5.74) is 2.43. The van der Waals surface area contributed by atoms with E-state index in [1.807, 2.05) is 31.2 Å². The Morgan fingerprint density at radius 3 is 2.45 bits per heavy atom. The standard InChI is InChI=1S/C25H29NO5/c1-5-31-20-8-6-7-19(15-20)23(27)21-22(18-11-9-17(10-12-18)16(2)3)26(13-14-30-4)25(29)24(21)28/h6-12,15-16,22,27H,5,13-14H2,1-4H3/b23-21+. The van der Waals surface area contributed by atoms with Gasteiger partial charge in [0.2, 0.25) is 0 Å². The van der Waals surface area contributed by atoms with Crippen molar-refractivity contribution < 1.29 is 24.2 Å². The van der Waals surface area contributed by atoms with Crippen LogP contribution in [0.1, 0.15) is 49.4 Å². The molecular formula is C25H29NO5. The number of nitrogens with zero attached hydrogens (tertiary/aromatic N) is 1. The Bertz CT molecular complexity index is 978. The van der Waals surface area contributed by atoms with E-state index in [1.165, 1.54) is 4.90 Å². The minimum atomic E-state index is -0.701. The van der Waals surface area contributed by atoms with E-state index in [4.69, 9.17) is 9.47 Å². The molecule has 0 aromatic heterocycles. The molecule has 1 atom stereocenters. The number of hydrogen-bond donors (Lipinski definition) is 1. The summed E-state index contributed by atoms with van der Waals surface area (Å²) in [5.74, 6) is -0.614. The normalized spacial score (nSPS) is 18.1. The number of carbonyl (C=O) groups excluding carboxylic acids is 2. The first kappa shape index (κ1) is 22.6. The van der Waals surface area contributed by atoms with Gasteiger partial charge in [0.15, 0.2) is 0 Å². The molecule has 6 heteroatoms. The monoisotopic (exact) mass is 423 g/mol. The number of benzene rings is 2. The zero-order valence-corrected chi connectivity index (χ0v) is 18.4. The average Bonchev–Trinajstić information content (AvgIpc) is 3.02. The Hall–Kier alpha value is -3.12. The Morgan fingerprint density at radius 2 is 1.84 bits per heavy atom. The molecule has 0 radical (unpaired) electrons. The quantitative estimate of drug-likeness (QED) is 0.390. The van der Waals surface area contributed by atoms with E-state index >= 15 is 0 Å². The highest BCUT2D eigenvalue weighted by atomic mass is 16.5. The Kier molecular flexibility index (Phi) is 7.13. The molecule has 164 valence electrons. The fourth-order valence-electron chi connectivity index (χ4n) is 3.77. The molecule has 2 aromatic rings. The number of methoxy groups -OCH3 is 1. The van der Waals surface area contributed by atoms with Gasteiger partial charge in [-0.2, -0.15) is 0 Å². The summed E-state index contributed by atoms with van der Waals surface area (Å²) in [7, 11) is 1.54. The number of amides is 1. The number of carbonyl (C=O) groups is 2. The molecule has 1 aliphatic heterocycles. The van der Waals surface area contributed by atoms with Crippen molar-refractivity contribution in [3.63, 3.8) is 0 Å². The highest BCUT2D eigenvalue weighted by molar-refractivity contribution is 6.46. The molecule has 2 aromatic carbocycles. The second-order valence-electron chi connectivity index (χ2n) is 7.77. The van der Waals surface area contributed by atoms with Crippen LogP contribution in [-0.4, -0.2) is 48.6 Å². The minimum absolute atomic E-state index is 0.0760. The van der Waals surface area contributed by atoms with Crippen molar-refractivity contribution in [1.29, 1.82) is 0 Å². The van der Waals surface area contributed by atoms with Gasteiger partial charge >= 0.3 is 0 Å². The molecule has 3 rings (SSSR count). The summed E-state index contributed by atoms with van der Waals surface area (Å²) >= 11 is 0. The van der Waals surface area contributed by atoms with E-state index < -0.39 is 17.7 Å². The van der Waals surface area contributed by atoms with E-state index in [9.17, 15) is 14.7 Å². The van der Waals surface area contributed by atoms with E-state index in [0.717, 1.165) is 11.1 Å². The highest BCUT2D eigenvalue weighted by Crippen LogP contribution is 2.39. The van der Waals surface area contributed by atoms with Crippen LogP contribution in [0.5, 0.6) is 5.75 Å². The lowest BCUT2D eigenvalue weighted by atomic mass is 9.93. The number of hydrogen-bond acceptors (Lipinski definition) is 5. The first-order chi connectivity index (χ1) is 14.9. The molecule has 1 heterocycles. The number of rotatable bonds is 8. The summed E-state index contributed by atoms with van der Waals surface area (Å²) in [4.78, 5) is 27.3. The van der Waals surface area contributed by atoms with Gasteiger partial charge in [0.25, 0.3) is 11.7 Å². The maximum absolute atomic E-state index is 13.0. The number of ketones is 1. The Balaban J connectivity index is 2.12. The van der Waals surface area contributed by atoms with Gasteiger partial charge in [-0.1, -0.05) is 50.2 Å². The zero-order valence-electron chi connectivity index (χ0n) is 18.4. The number of ether oxygens (including phenoxy) is 2. The fourth-order valence-corrected chi connectivity index (χ4v) is 3.77. The largest absolute Gasteiger partial charge is 0.507 e. The van der Waals surface area contributed by atoms with Crippen molar-refractivity contribution in [3.05, 3.63) is 70.8 Å². The topological polar surface area (TPSA) is 76.1 Å². The summed E-state index contributed by atoms with van der Waals surface area (Å²) in [5, 5.41) is 11.1. The lowest BCUT2D eigenvalue weighted by molar-refractivity contribution is -0.140. The van der Waals surface area contributed by atoms with E-state index in [2.05, 4.69) is 13.8 Å². The van der Waals surface area contributed by atoms with Crippen molar-refractivity contribution in [1.82, 2.24) is 4.90 Å². The number of Topliss-reactive ketones (excluding diaryl/α,β-unsaturated/α-hetero) is 1. The number of aliphatic hydroxyl groups is 1. The Labute approximate surface area is 183 Å². The molecule has 0 bridgehead atoms. The molecule has 1 aliphatic rings. The van der Waals surface area contributed by atoms with E-state index in [0.29, 0.717) is 23.8 Å². The van der Waals surface area contributed by atoms with Crippen LogP contribution in [0.4, 0.5) is 0 Å². The third-order valence-electron chi connectivity index (χ3n) is 5.41. The van der Waals surface area contributed by atoms with Gasteiger partial charge in [-0.05, 0) is 36.1 Å². The van der Waals surface area contributed by atoms with Crippen LogP contribution >= 0.6 is 0 Å². The molecule has 1 N–H and O–H groups in total. The van der Waals surface area contributed by atoms with Crippen molar-refractivity contribution >= 4 is 17.4 Å². The third-order valence-corrected chi connectivity index (χ3v) is 5.41. The average molecular weight is 424 g/mol. The second kappa shape index (κ2) is 9.79. The Morgan fingerprint density at radius 1 is 1.13 bits per heavy atom. The van der Waals surface area contributed by atoms with Crippen molar-refractivity contribution in [2.24, 2.45) is 0 Å². The predicted octanol–water partition coefficient (Wildman–Crippen LogP) is 4.28. The van der Waals surface area contributed by atoms with Crippen LogP contribution in [0, 0.1) is 0 Å². The second-order valence-corrected chi connectivity index (χ2v) is 7.77. The molecule has 6 nitrogen and oxygen atoms in total. The van der Waals surface area contributed by atoms with Crippen LogP contribution in [-0.2, 0) is 14.3 Å². The molecule has 0 saturated carbocycles. The molecule has 1 unspecified atom stereocenters. The lowest BCUT2D eigenvalue weighted by Crippen LogP contribution is -2.32. The molecule has 1 fully saturated rings. The van der Waals surface area contributed by atoms with E-state index in [1.54, 1.807) is 31.4 Å². The van der Waals surface area contributed by atoms with Crippen LogP contribution in [0.3, 0.4) is 0 Å². The summed E-state index contributed by atoms with van der Waals surface area (Å²) in [6, 6.07) is 14.0. The summed E-state index contributed by atoms with van der Waals surface area (Å²) in [6.45, 7) is 7.08. The van der Waals surface area contributed by atoms with Gasteiger partial charge in [-0.15, -0.1) is 0 Å². The van der Waals surface area contributed by atoms with Crippen molar-refractivity contribution in [2.45, 2.75) is 32.7 Å². The SMILES string of the molecule is CCOc1cccc(/C(O)=C2\C(=O)C(=O)N(CCOC)C2c2ccc(C(C)C)cc2)c1. The smallest absolute Gasteiger partial charge is 0.295 e. The highest BCUT2D eigenvalue weighted by Gasteiger charge is 2.45. The predicted molar refractivity (Wildman–Crippen MR) is 119 cm³/mol. The lowest BCUT2D eigenvalue weighted by Gasteiger charge is -2.25. The fraction of sp³-hybridized carbons (Fsp3) is 0.360. The first-order valence-electron chi connectivity index (χ1n) is 10.5. The third kappa shape index (κ3) is 4.64.